The normalized spacial score (nSPS) is 24.9. The van der Waals surface area contributed by atoms with Crippen LogP contribution in [-0.4, -0.2) is 52.1 Å². The van der Waals surface area contributed by atoms with Crippen LogP contribution in [0.15, 0.2) is 6.20 Å². The molecule has 3 heterocycles. The average Bonchev–Trinajstić information content (AvgIpc) is 2.79. The van der Waals surface area contributed by atoms with Crippen LogP contribution in [0.4, 0.5) is 0 Å². The van der Waals surface area contributed by atoms with Gasteiger partial charge in [0, 0.05) is 30.8 Å². The van der Waals surface area contributed by atoms with Crippen molar-refractivity contribution in [1.29, 1.82) is 0 Å². The summed E-state index contributed by atoms with van der Waals surface area (Å²) in [5, 5.41) is 7.08. The van der Waals surface area contributed by atoms with Gasteiger partial charge in [0.25, 0.3) is 0 Å². The minimum atomic E-state index is 0.0796. The number of H-pyrrole nitrogens is 1. The highest BCUT2D eigenvalue weighted by atomic mass is 16.2. The van der Waals surface area contributed by atoms with Gasteiger partial charge in [-0.3, -0.25) is 14.8 Å². The Bertz CT molecular complexity index is 456. The maximum atomic E-state index is 12.7. The van der Waals surface area contributed by atoms with Gasteiger partial charge in [-0.25, -0.2) is 0 Å². The van der Waals surface area contributed by atoms with Crippen LogP contribution in [0.3, 0.4) is 0 Å². The molecule has 0 aliphatic carbocycles. The van der Waals surface area contributed by atoms with E-state index in [4.69, 9.17) is 0 Å². The van der Waals surface area contributed by atoms with Crippen LogP contribution in [0, 0.1) is 0 Å². The molecule has 0 radical (unpaired) electrons. The number of nitrogens with one attached hydrogen (secondary N) is 1. The van der Waals surface area contributed by atoms with E-state index in [1.165, 1.54) is 30.5 Å². The molecule has 1 N–H and O–H groups in total. The third-order valence-electron chi connectivity index (χ3n) is 4.42. The number of carbonyl (C=O) groups excluding carboxylic acids is 1. The Morgan fingerprint density at radius 3 is 3.16 bits per heavy atom. The highest BCUT2D eigenvalue weighted by Gasteiger charge is 2.30. The van der Waals surface area contributed by atoms with E-state index in [1.54, 1.807) is 0 Å². The van der Waals surface area contributed by atoms with Crippen LogP contribution in [-0.2, 0) is 17.8 Å². The number of amides is 1. The number of aromatic amines is 1. The first-order valence-electron chi connectivity index (χ1n) is 7.26. The Morgan fingerprint density at radius 1 is 1.37 bits per heavy atom. The highest BCUT2D eigenvalue weighted by Crippen LogP contribution is 2.21. The lowest BCUT2D eigenvalue weighted by Crippen LogP contribution is -2.48. The standard InChI is InChI=1S/C14H22N4O/c1-17-7-4-2-3-5-13(17)14(19)18-8-6-12-11(10-18)9-15-16-12/h9,13H,2-8,10H2,1H3,(H,15,16)/t13-/m1/s1. The van der Waals surface area contributed by atoms with E-state index in [1.807, 2.05) is 11.1 Å². The fraction of sp³-hybridized carbons (Fsp3) is 0.714. The number of aromatic nitrogens is 2. The second-order valence-electron chi connectivity index (χ2n) is 5.73. The van der Waals surface area contributed by atoms with Gasteiger partial charge in [-0.05, 0) is 26.4 Å². The number of carbonyl (C=O) groups is 1. The summed E-state index contributed by atoms with van der Waals surface area (Å²) in [5.41, 5.74) is 2.37. The first-order chi connectivity index (χ1) is 9.25. The molecule has 0 saturated carbocycles. The monoisotopic (exact) mass is 262 g/mol. The van der Waals surface area contributed by atoms with E-state index in [-0.39, 0.29) is 6.04 Å². The first-order valence-corrected chi connectivity index (χ1v) is 7.26. The number of hydrogen-bond donors (Lipinski definition) is 1. The fourth-order valence-electron chi connectivity index (χ4n) is 3.18. The zero-order valence-corrected chi connectivity index (χ0v) is 11.6. The zero-order valence-electron chi connectivity index (χ0n) is 11.6. The van der Waals surface area contributed by atoms with E-state index in [2.05, 4.69) is 22.1 Å². The third-order valence-corrected chi connectivity index (χ3v) is 4.42. The molecule has 19 heavy (non-hydrogen) atoms. The molecule has 2 aliphatic heterocycles. The molecule has 0 spiro atoms. The molecule has 104 valence electrons. The topological polar surface area (TPSA) is 52.2 Å². The Kier molecular flexibility index (Phi) is 3.55. The minimum Gasteiger partial charge on any atom is -0.336 e. The molecule has 0 bridgehead atoms. The highest BCUT2D eigenvalue weighted by molar-refractivity contribution is 5.82. The van der Waals surface area contributed by atoms with Gasteiger partial charge in [0.1, 0.15) is 0 Å². The van der Waals surface area contributed by atoms with Crippen LogP contribution >= 0.6 is 0 Å². The van der Waals surface area contributed by atoms with Crippen molar-refractivity contribution < 1.29 is 4.79 Å². The molecule has 1 atom stereocenters. The SMILES string of the molecule is CN1CCCCC[C@@H]1C(=O)N1CCc2[nH]ncc2C1. The van der Waals surface area contributed by atoms with Crippen LogP contribution in [0.25, 0.3) is 0 Å². The van der Waals surface area contributed by atoms with Gasteiger partial charge in [0.2, 0.25) is 5.91 Å². The Balaban J connectivity index is 1.70. The predicted octanol–water partition coefficient (Wildman–Crippen LogP) is 1.17. The lowest BCUT2D eigenvalue weighted by atomic mass is 10.0. The quantitative estimate of drug-likeness (QED) is 0.826. The average molecular weight is 262 g/mol. The van der Waals surface area contributed by atoms with Gasteiger partial charge in [-0.2, -0.15) is 5.10 Å². The van der Waals surface area contributed by atoms with Crippen molar-refractivity contribution in [3.8, 4) is 0 Å². The largest absolute Gasteiger partial charge is 0.336 e. The number of rotatable bonds is 1. The molecule has 5 heteroatoms. The lowest BCUT2D eigenvalue weighted by molar-refractivity contribution is -0.137. The molecule has 1 fully saturated rings. The summed E-state index contributed by atoms with van der Waals surface area (Å²) in [4.78, 5) is 16.9. The summed E-state index contributed by atoms with van der Waals surface area (Å²) >= 11 is 0. The van der Waals surface area contributed by atoms with Crippen LogP contribution in [0.1, 0.15) is 36.9 Å². The van der Waals surface area contributed by atoms with Crippen molar-refractivity contribution >= 4 is 5.91 Å². The summed E-state index contributed by atoms with van der Waals surface area (Å²) in [6, 6.07) is 0.0796. The molecule has 1 aromatic heterocycles. The van der Waals surface area contributed by atoms with Gasteiger partial charge in [0.05, 0.1) is 12.2 Å². The molecule has 3 rings (SSSR count). The second kappa shape index (κ2) is 5.33. The van der Waals surface area contributed by atoms with Crippen molar-refractivity contribution in [1.82, 2.24) is 20.0 Å². The lowest BCUT2D eigenvalue weighted by Gasteiger charge is -2.33. The van der Waals surface area contributed by atoms with Crippen molar-refractivity contribution in [2.75, 3.05) is 20.1 Å². The molecule has 2 aliphatic rings. The van der Waals surface area contributed by atoms with E-state index < -0.39 is 0 Å². The molecule has 5 nitrogen and oxygen atoms in total. The summed E-state index contributed by atoms with van der Waals surface area (Å²) in [6.45, 7) is 2.58. The van der Waals surface area contributed by atoms with Gasteiger partial charge >= 0.3 is 0 Å². The second-order valence-corrected chi connectivity index (χ2v) is 5.73. The van der Waals surface area contributed by atoms with Gasteiger partial charge in [-0.15, -0.1) is 0 Å². The fourth-order valence-corrected chi connectivity index (χ4v) is 3.18. The minimum absolute atomic E-state index is 0.0796. The van der Waals surface area contributed by atoms with Gasteiger partial charge < -0.3 is 4.90 Å². The maximum Gasteiger partial charge on any atom is 0.240 e. The Labute approximate surface area is 114 Å². The van der Waals surface area contributed by atoms with Gasteiger partial charge in [0.15, 0.2) is 0 Å². The smallest absolute Gasteiger partial charge is 0.240 e. The predicted molar refractivity (Wildman–Crippen MR) is 72.6 cm³/mol. The number of hydrogen-bond acceptors (Lipinski definition) is 3. The summed E-state index contributed by atoms with van der Waals surface area (Å²) < 4.78 is 0. The van der Waals surface area contributed by atoms with E-state index in [0.29, 0.717) is 5.91 Å². The van der Waals surface area contributed by atoms with E-state index in [9.17, 15) is 4.79 Å². The van der Waals surface area contributed by atoms with Crippen LogP contribution in [0.2, 0.25) is 0 Å². The Hall–Kier alpha value is -1.36. The number of likely N-dealkylation sites (tertiary alicyclic amines) is 1. The van der Waals surface area contributed by atoms with Crippen LogP contribution < -0.4 is 0 Å². The number of fused-ring (bicyclic) bond motifs is 1. The Morgan fingerprint density at radius 2 is 2.26 bits per heavy atom. The third kappa shape index (κ3) is 2.52. The number of nitrogens with zero attached hydrogens (tertiary/aromatic N) is 3. The first kappa shape index (κ1) is 12.7. The van der Waals surface area contributed by atoms with Gasteiger partial charge in [-0.1, -0.05) is 12.8 Å². The van der Waals surface area contributed by atoms with Crippen molar-refractivity contribution in [2.24, 2.45) is 0 Å². The van der Waals surface area contributed by atoms with Crippen molar-refractivity contribution in [2.45, 2.75) is 44.7 Å². The summed E-state index contributed by atoms with van der Waals surface area (Å²) in [5.74, 6) is 0.302. The molecule has 1 saturated heterocycles. The number of likely N-dealkylation sites (N-methyl/N-ethyl adjacent to an activating group) is 1. The van der Waals surface area contributed by atoms with Crippen LogP contribution in [0.5, 0.6) is 0 Å². The summed E-state index contributed by atoms with van der Waals surface area (Å²) in [6.07, 6.45) is 7.39. The summed E-state index contributed by atoms with van der Waals surface area (Å²) in [7, 11) is 2.08. The van der Waals surface area contributed by atoms with Crippen molar-refractivity contribution in [3.63, 3.8) is 0 Å². The van der Waals surface area contributed by atoms with E-state index in [0.717, 1.165) is 32.5 Å². The molecule has 1 aromatic rings. The molecule has 0 aromatic carbocycles. The molecule has 0 unspecified atom stereocenters. The maximum absolute atomic E-state index is 12.7. The van der Waals surface area contributed by atoms with Crippen molar-refractivity contribution in [3.05, 3.63) is 17.5 Å². The molecular weight excluding hydrogens is 240 g/mol. The molecular formula is C14H22N4O. The zero-order chi connectivity index (χ0) is 13.2. The molecule has 1 amide bonds. The van der Waals surface area contributed by atoms with E-state index >= 15 is 0 Å².